The van der Waals surface area contributed by atoms with Crippen LogP contribution in [0.5, 0.6) is 0 Å². The van der Waals surface area contributed by atoms with Crippen molar-refractivity contribution in [3.8, 4) is 0 Å². The highest BCUT2D eigenvalue weighted by Gasteiger charge is 2.24. The molecule has 0 aliphatic carbocycles. The Kier molecular flexibility index (Phi) is 1.37. The lowest BCUT2D eigenvalue weighted by Gasteiger charge is -1.98. The number of amides is 1. The molecule has 0 radical (unpaired) electrons. The van der Waals surface area contributed by atoms with Crippen LogP contribution < -0.4 is 0 Å². The average Bonchev–Trinajstić information content (AvgIpc) is 2.45. The molecule has 1 saturated heterocycles. The average molecular weight is 115 g/mol. The standard InChI is InChI=1S/C5H9NO2/c1-2-8-5(7)6-3-4-6/h2-4H2,1H3. The van der Waals surface area contributed by atoms with E-state index in [9.17, 15) is 4.79 Å². The summed E-state index contributed by atoms with van der Waals surface area (Å²) in [6.45, 7) is 4.04. The van der Waals surface area contributed by atoms with E-state index in [1.807, 2.05) is 0 Å². The Labute approximate surface area is 48.2 Å². The van der Waals surface area contributed by atoms with E-state index < -0.39 is 0 Å². The van der Waals surface area contributed by atoms with Crippen LogP contribution >= 0.6 is 0 Å². The van der Waals surface area contributed by atoms with E-state index in [1.165, 1.54) is 0 Å². The molecule has 3 heteroatoms. The third-order valence-corrected chi connectivity index (χ3v) is 0.973. The van der Waals surface area contributed by atoms with Gasteiger partial charge in [-0.15, -0.1) is 0 Å². The minimum atomic E-state index is -0.174. The Morgan fingerprint density at radius 2 is 2.38 bits per heavy atom. The molecule has 0 spiro atoms. The Bertz CT molecular complexity index is 98.6. The van der Waals surface area contributed by atoms with Crippen LogP contribution in [0.4, 0.5) is 4.79 Å². The molecule has 0 saturated carbocycles. The summed E-state index contributed by atoms with van der Waals surface area (Å²) in [6.07, 6.45) is -0.174. The van der Waals surface area contributed by atoms with Gasteiger partial charge in [0.25, 0.3) is 0 Å². The van der Waals surface area contributed by atoms with Crippen molar-refractivity contribution in [2.24, 2.45) is 0 Å². The summed E-state index contributed by atoms with van der Waals surface area (Å²) in [7, 11) is 0. The van der Waals surface area contributed by atoms with Crippen molar-refractivity contribution in [1.82, 2.24) is 4.90 Å². The molecule has 1 amide bonds. The number of hydrogen-bond acceptors (Lipinski definition) is 2. The molecule has 1 heterocycles. The number of rotatable bonds is 1. The molecular formula is C5H9NO2. The van der Waals surface area contributed by atoms with Gasteiger partial charge in [0, 0.05) is 13.1 Å². The highest BCUT2D eigenvalue weighted by Crippen LogP contribution is 2.04. The van der Waals surface area contributed by atoms with E-state index in [1.54, 1.807) is 11.8 Å². The smallest absolute Gasteiger partial charge is 0.409 e. The summed E-state index contributed by atoms with van der Waals surface area (Å²) < 4.78 is 4.65. The number of carbonyl (C=O) groups excluding carboxylic acids is 1. The summed E-state index contributed by atoms with van der Waals surface area (Å²) >= 11 is 0. The van der Waals surface area contributed by atoms with Crippen molar-refractivity contribution in [3.05, 3.63) is 0 Å². The number of carbonyl (C=O) groups is 1. The number of ether oxygens (including phenoxy) is 1. The largest absolute Gasteiger partial charge is 0.450 e. The van der Waals surface area contributed by atoms with Crippen LogP contribution in [0.1, 0.15) is 6.92 Å². The summed E-state index contributed by atoms with van der Waals surface area (Å²) in [5, 5.41) is 0. The Morgan fingerprint density at radius 3 is 2.75 bits per heavy atom. The quantitative estimate of drug-likeness (QED) is 0.464. The van der Waals surface area contributed by atoms with Gasteiger partial charge in [-0.3, -0.25) is 0 Å². The van der Waals surface area contributed by atoms with Gasteiger partial charge in [-0.1, -0.05) is 0 Å². The molecule has 0 unspecified atom stereocenters. The van der Waals surface area contributed by atoms with Gasteiger partial charge in [0.05, 0.1) is 6.61 Å². The van der Waals surface area contributed by atoms with Gasteiger partial charge in [-0.2, -0.15) is 0 Å². The zero-order valence-corrected chi connectivity index (χ0v) is 4.89. The van der Waals surface area contributed by atoms with Gasteiger partial charge in [0.1, 0.15) is 0 Å². The van der Waals surface area contributed by atoms with Gasteiger partial charge < -0.3 is 9.64 Å². The molecule has 0 atom stereocenters. The monoisotopic (exact) mass is 115 g/mol. The predicted octanol–water partition coefficient (Wildman–Crippen LogP) is 0.459. The predicted molar refractivity (Wildman–Crippen MR) is 28.6 cm³/mol. The Hall–Kier alpha value is -0.730. The molecule has 0 bridgehead atoms. The third kappa shape index (κ3) is 1.12. The molecule has 3 nitrogen and oxygen atoms in total. The summed E-state index contributed by atoms with van der Waals surface area (Å²) in [6, 6.07) is 0. The van der Waals surface area contributed by atoms with E-state index in [4.69, 9.17) is 0 Å². The lowest BCUT2D eigenvalue weighted by molar-refractivity contribution is 0.137. The molecule has 1 fully saturated rings. The first-order valence-electron chi connectivity index (χ1n) is 2.76. The van der Waals surface area contributed by atoms with Crippen molar-refractivity contribution in [1.29, 1.82) is 0 Å². The molecule has 46 valence electrons. The molecule has 8 heavy (non-hydrogen) atoms. The molecule has 0 aromatic rings. The van der Waals surface area contributed by atoms with Gasteiger partial charge in [-0.05, 0) is 6.92 Å². The molecule has 1 aliphatic heterocycles. The van der Waals surface area contributed by atoms with Gasteiger partial charge in [0.15, 0.2) is 0 Å². The minimum absolute atomic E-state index is 0.174. The van der Waals surface area contributed by atoms with Crippen LogP contribution in [0.15, 0.2) is 0 Å². The van der Waals surface area contributed by atoms with Crippen LogP contribution in [-0.4, -0.2) is 30.7 Å². The van der Waals surface area contributed by atoms with Crippen molar-refractivity contribution < 1.29 is 9.53 Å². The van der Waals surface area contributed by atoms with Crippen molar-refractivity contribution in [2.75, 3.05) is 19.7 Å². The first-order chi connectivity index (χ1) is 3.84. The van der Waals surface area contributed by atoms with E-state index in [0.29, 0.717) is 6.61 Å². The Morgan fingerprint density at radius 1 is 1.75 bits per heavy atom. The van der Waals surface area contributed by atoms with Crippen LogP contribution in [0.2, 0.25) is 0 Å². The molecule has 0 N–H and O–H groups in total. The van der Waals surface area contributed by atoms with Crippen molar-refractivity contribution in [2.45, 2.75) is 6.92 Å². The van der Waals surface area contributed by atoms with Crippen LogP contribution in [-0.2, 0) is 4.74 Å². The highest BCUT2D eigenvalue weighted by molar-refractivity contribution is 5.69. The summed E-state index contributed by atoms with van der Waals surface area (Å²) in [4.78, 5) is 12.2. The van der Waals surface area contributed by atoms with Gasteiger partial charge in [-0.25, -0.2) is 4.79 Å². The second-order valence-corrected chi connectivity index (χ2v) is 1.69. The van der Waals surface area contributed by atoms with Crippen molar-refractivity contribution >= 4 is 6.09 Å². The number of hydrogen-bond donors (Lipinski definition) is 0. The second kappa shape index (κ2) is 2.03. The zero-order valence-electron chi connectivity index (χ0n) is 4.89. The lowest BCUT2D eigenvalue weighted by Crippen LogP contribution is -2.11. The topological polar surface area (TPSA) is 29.3 Å². The molecular weight excluding hydrogens is 106 g/mol. The lowest BCUT2D eigenvalue weighted by atomic mass is 10.9. The highest BCUT2D eigenvalue weighted by atomic mass is 16.6. The maximum atomic E-state index is 10.5. The summed E-state index contributed by atoms with van der Waals surface area (Å²) in [5.41, 5.74) is 0. The van der Waals surface area contributed by atoms with Gasteiger partial charge >= 0.3 is 6.09 Å². The molecule has 0 aromatic heterocycles. The fourth-order valence-corrected chi connectivity index (χ4v) is 0.447. The SMILES string of the molecule is CCOC(=O)N1CC1. The molecule has 1 aliphatic rings. The van der Waals surface area contributed by atoms with Crippen LogP contribution in [0, 0.1) is 0 Å². The fraction of sp³-hybridized carbons (Fsp3) is 0.800. The first kappa shape index (κ1) is 5.41. The second-order valence-electron chi connectivity index (χ2n) is 1.69. The van der Waals surface area contributed by atoms with E-state index in [0.717, 1.165) is 13.1 Å². The maximum Gasteiger partial charge on any atom is 0.409 e. The normalized spacial score (nSPS) is 15.9. The van der Waals surface area contributed by atoms with Crippen molar-refractivity contribution in [3.63, 3.8) is 0 Å². The molecule has 1 rings (SSSR count). The summed E-state index contributed by atoms with van der Waals surface area (Å²) in [5.74, 6) is 0. The van der Waals surface area contributed by atoms with E-state index in [2.05, 4.69) is 4.74 Å². The first-order valence-corrected chi connectivity index (χ1v) is 2.76. The van der Waals surface area contributed by atoms with E-state index in [-0.39, 0.29) is 6.09 Å². The third-order valence-electron chi connectivity index (χ3n) is 0.973. The zero-order chi connectivity index (χ0) is 5.98. The maximum absolute atomic E-state index is 10.5. The van der Waals surface area contributed by atoms with E-state index >= 15 is 0 Å². The van der Waals surface area contributed by atoms with Gasteiger partial charge in [0.2, 0.25) is 0 Å². The van der Waals surface area contributed by atoms with Crippen LogP contribution in [0.3, 0.4) is 0 Å². The molecule has 0 aromatic carbocycles. The van der Waals surface area contributed by atoms with Crippen LogP contribution in [0.25, 0.3) is 0 Å². The number of nitrogens with zero attached hydrogens (tertiary/aromatic N) is 1. The Balaban J connectivity index is 2.13. The minimum Gasteiger partial charge on any atom is -0.450 e. The fourth-order valence-electron chi connectivity index (χ4n) is 0.447.